The van der Waals surface area contributed by atoms with Gasteiger partial charge in [-0.2, -0.15) is 0 Å². The monoisotopic (exact) mass is 444 g/mol. The minimum absolute atomic E-state index is 0.0839. The van der Waals surface area contributed by atoms with Crippen LogP contribution in [0.25, 0.3) is 17.4 Å². The largest absolute Gasteiger partial charge is 0.461 e. The van der Waals surface area contributed by atoms with Gasteiger partial charge >= 0.3 is 5.97 Å². The van der Waals surface area contributed by atoms with Crippen molar-refractivity contribution >= 4 is 40.6 Å². The van der Waals surface area contributed by atoms with Crippen LogP contribution in [0, 0.1) is 17.0 Å². The number of thioether (sulfide) groups is 1. The molecule has 1 aliphatic heterocycles. The highest BCUT2D eigenvalue weighted by atomic mass is 32.2. The zero-order valence-electron chi connectivity index (χ0n) is 17.1. The normalized spacial score (nSPS) is 16.1. The van der Waals surface area contributed by atoms with E-state index in [9.17, 15) is 24.5 Å². The van der Waals surface area contributed by atoms with E-state index < -0.39 is 28.6 Å². The number of aryl methyl sites for hydroxylation is 1. The average molecular weight is 444 g/mol. The van der Waals surface area contributed by atoms with Crippen molar-refractivity contribution in [3.8, 4) is 11.3 Å². The van der Waals surface area contributed by atoms with E-state index in [-0.39, 0.29) is 28.2 Å². The van der Waals surface area contributed by atoms with E-state index in [0.717, 1.165) is 10.5 Å². The van der Waals surface area contributed by atoms with Gasteiger partial charge in [0.15, 0.2) is 0 Å². The number of nitrogens with zero attached hydrogens (tertiary/aromatic N) is 2. The lowest BCUT2D eigenvalue weighted by Crippen LogP contribution is -2.35. The molecule has 1 fully saturated rings. The number of esters is 1. The standard InChI is InChI=1S/C21H20N2O7S/c1-4-13(3)29-19(24)11-22-20(25)18(31-21(22)26)10-14-6-8-17(30-14)15-7-5-12(2)9-16(15)23(27)28/h5-10,13H,4,11H2,1-3H3/b18-10+/t13-/m1/s1. The summed E-state index contributed by atoms with van der Waals surface area (Å²) in [5.74, 6) is -0.785. The van der Waals surface area contributed by atoms with Crippen molar-refractivity contribution < 1.29 is 28.5 Å². The van der Waals surface area contributed by atoms with Crippen molar-refractivity contribution in [3.05, 3.63) is 56.7 Å². The van der Waals surface area contributed by atoms with Crippen LogP contribution in [0.15, 0.2) is 39.7 Å². The summed E-state index contributed by atoms with van der Waals surface area (Å²) in [6.45, 7) is 4.85. The van der Waals surface area contributed by atoms with Gasteiger partial charge in [-0.25, -0.2) is 0 Å². The summed E-state index contributed by atoms with van der Waals surface area (Å²) in [6, 6.07) is 7.87. The van der Waals surface area contributed by atoms with Gasteiger partial charge in [-0.1, -0.05) is 13.0 Å². The quantitative estimate of drug-likeness (QED) is 0.264. The highest BCUT2D eigenvalue weighted by Gasteiger charge is 2.37. The van der Waals surface area contributed by atoms with Crippen LogP contribution in [0.2, 0.25) is 0 Å². The van der Waals surface area contributed by atoms with Gasteiger partial charge in [-0.3, -0.25) is 29.4 Å². The molecule has 1 aromatic carbocycles. The molecule has 0 bridgehead atoms. The van der Waals surface area contributed by atoms with Crippen LogP contribution < -0.4 is 0 Å². The molecule has 0 saturated carbocycles. The van der Waals surface area contributed by atoms with Crippen LogP contribution in [-0.2, 0) is 14.3 Å². The van der Waals surface area contributed by atoms with E-state index in [2.05, 4.69) is 0 Å². The number of amides is 2. The van der Waals surface area contributed by atoms with Gasteiger partial charge in [-0.15, -0.1) is 0 Å². The minimum Gasteiger partial charge on any atom is -0.461 e. The fraction of sp³-hybridized carbons (Fsp3) is 0.286. The topological polar surface area (TPSA) is 120 Å². The molecule has 0 unspecified atom stereocenters. The average Bonchev–Trinajstić information content (AvgIpc) is 3.28. The first kappa shape index (κ1) is 22.3. The second-order valence-electron chi connectivity index (χ2n) is 6.96. The lowest BCUT2D eigenvalue weighted by molar-refractivity contribution is -0.384. The van der Waals surface area contributed by atoms with E-state index >= 15 is 0 Å². The number of hydrogen-bond acceptors (Lipinski definition) is 8. The third-order valence-corrected chi connectivity index (χ3v) is 5.49. The lowest BCUT2D eigenvalue weighted by atomic mass is 10.1. The number of nitro groups is 1. The number of carbonyl (C=O) groups excluding carboxylic acids is 3. The molecule has 9 nitrogen and oxygen atoms in total. The molecule has 1 saturated heterocycles. The van der Waals surface area contributed by atoms with Gasteiger partial charge in [0, 0.05) is 12.1 Å². The first-order valence-corrected chi connectivity index (χ1v) is 10.3. The molecule has 2 heterocycles. The Morgan fingerprint density at radius 3 is 2.74 bits per heavy atom. The molecule has 1 aromatic heterocycles. The molecule has 0 radical (unpaired) electrons. The van der Waals surface area contributed by atoms with E-state index in [4.69, 9.17) is 9.15 Å². The number of nitro benzene ring substituents is 1. The Bertz CT molecular complexity index is 1090. The van der Waals surface area contributed by atoms with Crippen molar-refractivity contribution in [2.24, 2.45) is 0 Å². The van der Waals surface area contributed by atoms with Crippen LogP contribution in [0.3, 0.4) is 0 Å². The summed E-state index contributed by atoms with van der Waals surface area (Å²) in [4.78, 5) is 48.4. The van der Waals surface area contributed by atoms with Crippen LogP contribution in [-0.4, -0.2) is 39.6 Å². The molecule has 0 N–H and O–H groups in total. The maximum atomic E-state index is 12.5. The molecule has 2 aromatic rings. The van der Waals surface area contributed by atoms with Gasteiger partial charge in [0.2, 0.25) is 0 Å². The maximum Gasteiger partial charge on any atom is 0.326 e. The summed E-state index contributed by atoms with van der Waals surface area (Å²) in [6.07, 6.45) is 1.68. The zero-order valence-corrected chi connectivity index (χ0v) is 17.9. The predicted molar refractivity (Wildman–Crippen MR) is 114 cm³/mol. The number of rotatable bonds is 7. The number of benzene rings is 1. The molecule has 3 rings (SSSR count). The summed E-state index contributed by atoms with van der Waals surface area (Å²) >= 11 is 0.681. The number of imide groups is 1. The first-order chi connectivity index (χ1) is 14.7. The number of furan rings is 1. The molecule has 0 aliphatic carbocycles. The van der Waals surface area contributed by atoms with E-state index in [1.165, 1.54) is 12.1 Å². The van der Waals surface area contributed by atoms with Crippen LogP contribution in [0.4, 0.5) is 10.5 Å². The Hall–Kier alpha value is -3.40. The number of hydrogen-bond donors (Lipinski definition) is 0. The van der Waals surface area contributed by atoms with Crippen LogP contribution in [0.5, 0.6) is 0 Å². The van der Waals surface area contributed by atoms with Gasteiger partial charge in [0.05, 0.1) is 21.5 Å². The minimum atomic E-state index is -0.662. The Balaban J connectivity index is 1.79. The number of carbonyl (C=O) groups is 3. The highest BCUT2D eigenvalue weighted by Crippen LogP contribution is 2.35. The van der Waals surface area contributed by atoms with Gasteiger partial charge in [0.25, 0.3) is 16.8 Å². The fourth-order valence-electron chi connectivity index (χ4n) is 2.82. The Morgan fingerprint density at radius 2 is 2.06 bits per heavy atom. The summed E-state index contributed by atoms with van der Waals surface area (Å²) < 4.78 is 10.8. The van der Waals surface area contributed by atoms with E-state index in [1.807, 2.05) is 6.92 Å². The Morgan fingerprint density at radius 1 is 1.32 bits per heavy atom. The molecular formula is C21H20N2O7S. The Kier molecular flexibility index (Phi) is 6.59. The molecular weight excluding hydrogens is 424 g/mol. The van der Waals surface area contributed by atoms with Crippen LogP contribution >= 0.6 is 11.8 Å². The van der Waals surface area contributed by atoms with Crippen molar-refractivity contribution in [2.45, 2.75) is 33.3 Å². The summed E-state index contributed by atoms with van der Waals surface area (Å²) in [7, 11) is 0. The Labute approximate surface area is 182 Å². The highest BCUT2D eigenvalue weighted by molar-refractivity contribution is 8.18. The SMILES string of the molecule is CC[C@@H](C)OC(=O)CN1C(=O)S/C(=C/c2ccc(-c3ccc(C)cc3[N+](=O)[O-])o2)C1=O. The smallest absolute Gasteiger partial charge is 0.326 e. The molecule has 1 aliphatic rings. The van der Waals surface area contributed by atoms with Crippen LogP contribution in [0.1, 0.15) is 31.6 Å². The van der Waals surface area contributed by atoms with Gasteiger partial charge in [-0.05, 0) is 55.8 Å². The van der Waals surface area contributed by atoms with E-state index in [1.54, 1.807) is 38.1 Å². The van der Waals surface area contributed by atoms with Gasteiger partial charge < -0.3 is 9.15 Å². The summed E-state index contributed by atoms with van der Waals surface area (Å²) in [5, 5.41) is 10.8. The zero-order chi connectivity index (χ0) is 22.7. The predicted octanol–water partition coefficient (Wildman–Crippen LogP) is 4.54. The third kappa shape index (κ3) is 5.02. The number of ether oxygens (including phenoxy) is 1. The van der Waals surface area contributed by atoms with Crippen molar-refractivity contribution in [2.75, 3.05) is 6.54 Å². The van der Waals surface area contributed by atoms with Crippen molar-refractivity contribution in [3.63, 3.8) is 0 Å². The van der Waals surface area contributed by atoms with E-state index in [0.29, 0.717) is 23.7 Å². The van der Waals surface area contributed by atoms with Crippen molar-refractivity contribution in [1.29, 1.82) is 0 Å². The second kappa shape index (κ2) is 9.17. The molecule has 2 amide bonds. The fourth-order valence-corrected chi connectivity index (χ4v) is 3.63. The molecule has 162 valence electrons. The van der Waals surface area contributed by atoms with Gasteiger partial charge in [0.1, 0.15) is 18.1 Å². The molecule has 0 spiro atoms. The first-order valence-electron chi connectivity index (χ1n) is 9.49. The summed E-state index contributed by atoms with van der Waals surface area (Å²) in [5.41, 5.74) is 0.944. The molecule has 1 atom stereocenters. The molecule has 10 heteroatoms. The second-order valence-corrected chi connectivity index (χ2v) is 7.95. The third-order valence-electron chi connectivity index (χ3n) is 4.58. The molecule has 31 heavy (non-hydrogen) atoms. The lowest BCUT2D eigenvalue weighted by Gasteiger charge is -2.14. The van der Waals surface area contributed by atoms with Crippen molar-refractivity contribution in [1.82, 2.24) is 4.90 Å². The maximum absolute atomic E-state index is 12.5.